The Labute approximate surface area is 158 Å². The minimum absolute atomic E-state index is 0.00775. The standard InChI is InChI=1S/C20H21N5S/c1-14-8-9-17(24(14)2)19-18(16-7-3-4-11-22-16)23-20(26)25(19)13-15-6-5-10-21-12-15/h3-12,18-19H,13H2,1-2H3,(H,23,26)/t18-,19+/m0/s1. The SMILES string of the molecule is Cc1ccc([C@@H]2[C@H](c3ccccn3)NC(=S)N2Cc2cccnc2)n1C. The van der Waals surface area contributed by atoms with Gasteiger partial charge in [-0.15, -0.1) is 0 Å². The first kappa shape index (κ1) is 16.7. The largest absolute Gasteiger partial charge is 0.352 e. The zero-order chi connectivity index (χ0) is 18.1. The van der Waals surface area contributed by atoms with Gasteiger partial charge in [0.1, 0.15) is 0 Å². The van der Waals surface area contributed by atoms with Crippen molar-refractivity contribution in [2.75, 3.05) is 0 Å². The van der Waals surface area contributed by atoms with Crippen molar-refractivity contribution in [3.63, 3.8) is 0 Å². The van der Waals surface area contributed by atoms with Gasteiger partial charge in [0, 0.05) is 43.6 Å². The summed E-state index contributed by atoms with van der Waals surface area (Å²) < 4.78 is 2.23. The van der Waals surface area contributed by atoms with Crippen molar-refractivity contribution in [3.05, 3.63) is 83.7 Å². The molecule has 0 spiro atoms. The van der Waals surface area contributed by atoms with Crippen molar-refractivity contribution in [1.82, 2.24) is 24.8 Å². The summed E-state index contributed by atoms with van der Waals surface area (Å²) in [4.78, 5) is 11.1. The molecule has 1 fully saturated rings. The average Bonchev–Trinajstić information content (AvgIpc) is 3.17. The van der Waals surface area contributed by atoms with Gasteiger partial charge in [0.25, 0.3) is 0 Å². The van der Waals surface area contributed by atoms with E-state index in [1.807, 2.05) is 30.6 Å². The fourth-order valence-electron chi connectivity index (χ4n) is 3.52. The lowest BCUT2D eigenvalue weighted by Gasteiger charge is -2.28. The molecule has 0 radical (unpaired) electrons. The van der Waals surface area contributed by atoms with E-state index in [-0.39, 0.29) is 12.1 Å². The summed E-state index contributed by atoms with van der Waals surface area (Å²) in [5, 5.41) is 4.23. The summed E-state index contributed by atoms with van der Waals surface area (Å²) in [7, 11) is 2.10. The smallest absolute Gasteiger partial charge is 0.170 e. The normalized spacial score (nSPS) is 19.6. The Kier molecular flexibility index (Phi) is 4.42. The summed E-state index contributed by atoms with van der Waals surface area (Å²) in [6.07, 6.45) is 5.51. The molecule has 1 aliphatic rings. The van der Waals surface area contributed by atoms with E-state index in [9.17, 15) is 0 Å². The van der Waals surface area contributed by atoms with Crippen LogP contribution in [0.4, 0.5) is 0 Å². The first-order valence-corrected chi connectivity index (χ1v) is 9.05. The highest BCUT2D eigenvalue weighted by atomic mass is 32.1. The Morgan fingerprint density at radius 1 is 1.12 bits per heavy atom. The van der Waals surface area contributed by atoms with E-state index < -0.39 is 0 Å². The van der Waals surface area contributed by atoms with E-state index in [0.29, 0.717) is 6.54 Å². The van der Waals surface area contributed by atoms with Gasteiger partial charge in [-0.2, -0.15) is 0 Å². The van der Waals surface area contributed by atoms with Gasteiger partial charge >= 0.3 is 0 Å². The Morgan fingerprint density at radius 3 is 2.65 bits per heavy atom. The summed E-state index contributed by atoms with van der Waals surface area (Å²) in [6.45, 7) is 2.82. The molecular formula is C20H21N5S. The van der Waals surface area contributed by atoms with E-state index in [2.05, 4.69) is 63.0 Å². The number of nitrogens with one attached hydrogen (secondary N) is 1. The van der Waals surface area contributed by atoms with Crippen molar-refractivity contribution in [2.45, 2.75) is 25.6 Å². The fourth-order valence-corrected chi connectivity index (χ4v) is 3.82. The van der Waals surface area contributed by atoms with Crippen LogP contribution in [0.2, 0.25) is 0 Å². The molecule has 1 aliphatic heterocycles. The zero-order valence-electron chi connectivity index (χ0n) is 14.8. The molecule has 1 N–H and O–H groups in total. The number of hydrogen-bond acceptors (Lipinski definition) is 3. The van der Waals surface area contributed by atoms with E-state index in [1.54, 1.807) is 6.20 Å². The third kappa shape index (κ3) is 2.97. The van der Waals surface area contributed by atoms with Gasteiger partial charge in [0.2, 0.25) is 0 Å². The van der Waals surface area contributed by atoms with Crippen LogP contribution in [0.1, 0.15) is 34.7 Å². The number of pyridine rings is 2. The van der Waals surface area contributed by atoms with Gasteiger partial charge in [0.15, 0.2) is 5.11 Å². The number of aryl methyl sites for hydroxylation is 1. The summed E-state index contributed by atoms with van der Waals surface area (Å²) >= 11 is 5.70. The Morgan fingerprint density at radius 2 is 2.00 bits per heavy atom. The van der Waals surface area contributed by atoms with E-state index in [4.69, 9.17) is 12.2 Å². The van der Waals surface area contributed by atoms with E-state index in [1.165, 1.54) is 11.4 Å². The molecule has 4 rings (SSSR count). The van der Waals surface area contributed by atoms with Gasteiger partial charge in [-0.1, -0.05) is 12.1 Å². The van der Waals surface area contributed by atoms with Crippen LogP contribution in [-0.2, 0) is 13.6 Å². The molecule has 4 heterocycles. The molecule has 3 aromatic heterocycles. The molecule has 0 amide bonds. The third-order valence-electron chi connectivity index (χ3n) is 4.99. The Hall–Kier alpha value is -2.73. The van der Waals surface area contributed by atoms with Crippen molar-refractivity contribution < 1.29 is 0 Å². The Bertz CT molecular complexity index is 906. The predicted octanol–water partition coefficient (Wildman–Crippen LogP) is 3.30. The molecule has 0 saturated carbocycles. The molecule has 26 heavy (non-hydrogen) atoms. The van der Waals surface area contributed by atoms with Crippen LogP contribution in [0.25, 0.3) is 0 Å². The van der Waals surface area contributed by atoms with Crippen LogP contribution >= 0.6 is 12.2 Å². The highest BCUT2D eigenvalue weighted by Crippen LogP contribution is 2.39. The van der Waals surface area contributed by atoms with Gasteiger partial charge in [0.05, 0.1) is 17.8 Å². The molecule has 0 unspecified atom stereocenters. The molecule has 0 bridgehead atoms. The minimum Gasteiger partial charge on any atom is -0.352 e. The van der Waals surface area contributed by atoms with E-state index in [0.717, 1.165) is 16.4 Å². The van der Waals surface area contributed by atoms with Crippen molar-refractivity contribution in [2.24, 2.45) is 7.05 Å². The zero-order valence-corrected chi connectivity index (χ0v) is 15.6. The second-order valence-electron chi connectivity index (χ2n) is 6.57. The van der Waals surface area contributed by atoms with Crippen molar-refractivity contribution in [3.8, 4) is 0 Å². The average molecular weight is 363 g/mol. The maximum Gasteiger partial charge on any atom is 0.170 e. The van der Waals surface area contributed by atoms with Crippen molar-refractivity contribution >= 4 is 17.3 Å². The quantitative estimate of drug-likeness (QED) is 0.721. The molecule has 132 valence electrons. The first-order chi connectivity index (χ1) is 12.6. The lowest BCUT2D eigenvalue weighted by molar-refractivity contribution is 0.299. The minimum atomic E-state index is 0.00775. The maximum atomic E-state index is 5.70. The van der Waals surface area contributed by atoms with E-state index >= 15 is 0 Å². The molecule has 6 heteroatoms. The maximum absolute atomic E-state index is 5.70. The molecule has 0 aliphatic carbocycles. The molecule has 1 saturated heterocycles. The highest BCUT2D eigenvalue weighted by molar-refractivity contribution is 7.80. The van der Waals surface area contributed by atoms with Gasteiger partial charge in [-0.05, 0) is 55.0 Å². The molecule has 0 aromatic carbocycles. The topological polar surface area (TPSA) is 46.0 Å². The lowest BCUT2D eigenvalue weighted by Crippen LogP contribution is -2.30. The second-order valence-corrected chi connectivity index (χ2v) is 6.96. The van der Waals surface area contributed by atoms with Crippen molar-refractivity contribution in [1.29, 1.82) is 0 Å². The fraction of sp³-hybridized carbons (Fsp3) is 0.250. The second kappa shape index (κ2) is 6.88. The number of nitrogens with zero attached hydrogens (tertiary/aromatic N) is 4. The van der Waals surface area contributed by atoms with Crippen LogP contribution in [-0.4, -0.2) is 24.5 Å². The predicted molar refractivity (Wildman–Crippen MR) is 105 cm³/mol. The number of aromatic nitrogens is 3. The molecule has 3 aromatic rings. The van der Waals surface area contributed by atoms with Gasteiger partial charge in [-0.3, -0.25) is 9.97 Å². The number of hydrogen-bond donors (Lipinski definition) is 1. The number of rotatable bonds is 4. The Balaban J connectivity index is 1.76. The molecule has 5 nitrogen and oxygen atoms in total. The van der Waals surface area contributed by atoms with Gasteiger partial charge < -0.3 is 14.8 Å². The third-order valence-corrected chi connectivity index (χ3v) is 5.34. The van der Waals surface area contributed by atoms with Crippen LogP contribution in [0.3, 0.4) is 0 Å². The number of thiocarbonyl (C=S) groups is 1. The van der Waals surface area contributed by atoms with Crippen LogP contribution in [0.15, 0.2) is 61.1 Å². The van der Waals surface area contributed by atoms with Gasteiger partial charge in [-0.25, -0.2) is 0 Å². The highest BCUT2D eigenvalue weighted by Gasteiger charge is 2.41. The van der Waals surface area contributed by atoms with Crippen LogP contribution < -0.4 is 5.32 Å². The van der Waals surface area contributed by atoms with Crippen LogP contribution in [0, 0.1) is 6.92 Å². The monoisotopic (exact) mass is 363 g/mol. The summed E-state index contributed by atoms with van der Waals surface area (Å²) in [5.41, 5.74) is 4.56. The summed E-state index contributed by atoms with van der Waals surface area (Å²) in [5.74, 6) is 0. The van der Waals surface area contributed by atoms with Crippen LogP contribution in [0.5, 0.6) is 0 Å². The lowest BCUT2D eigenvalue weighted by atomic mass is 10.0. The molecular weight excluding hydrogens is 342 g/mol. The first-order valence-electron chi connectivity index (χ1n) is 8.64. The molecule has 2 atom stereocenters. The summed E-state index contributed by atoms with van der Waals surface area (Å²) in [6, 6.07) is 14.4.